The fourth-order valence-electron chi connectivity index (χ4n) is 1.28. The number of rotatable bonds is 4. The van der Waals surface area contributed by atoms with Gasteiger partial charge in [0.05, 0.1) is 7.11 Å². The first-order valence-corrected chi connectivity index (χ1v) is 5.46. The fourth-order valence-corrected chi connectivity index (χ4v) is 1.55. The lowest BCUT2D eigenvalue weighted by molar-refractivity contribution is 0.0992. The molecule has 82 valence electrons. The van der Waals surface area contributed by atoms with Crippen LogP contribution in [0.4, 0.5) is 0 Å². The Morgan fingerprint density at radius 1 is 1.53 bits per heavy atom. The normalized spacial score (nSPS) is 12.3. The van der Waals surface area contributed by atoms with E-state index in [0.717, 1.165) is 11.3 Å². The molecule has 0 radical (unpaired) electrons. The maximum atomic E-state index is 11.7. The number of aryl methyl sites for hydroxylation is 1. The third kappa shape index (κ3) is 2.86. The first-order chi connectivity index (χ1) is 7.10. The molecule has 0 heterocycles. The lowest BCUT2D eigenvalue weighted by Gasteiger charge is -2.08. The van der Waals surface area contributed by atoms with E-state index in [0.29, 0.717) is 5.56 Å². The number of hydrogen-bond donors (Lipinski definition) is 0. The van der Waals surface area contributed by atoms with Crippen molar-refractivity contribution in [3.63, 3.8) is 0 Å². The molecule has 0 saturated carbocycles. The van der Waals surface area contributed by atoms with Crippen molar-refractivity contribution in [2.75, 3.05) is 13.0 Å². The van der Waals surface area contributed by atoms with Crippen LogP contribution in [-0.4, -0.2) is 24.2 Å². The molecule has 0 bridgehead atoms. The second-order valence-corrected chi connectivity index (χ2v) is 4.01. The molecule has 1 atom stereocenters. The number of benzene rings is 1. The molecule has 0 amide bonds. The Bertz CT molecular complexity index is 364. The summed E-state index contributed by atoms with van der Waals surface area (Å²) in [6.07, 6.45) is 0. The lowest BCUT2D eigenvalue weighted by Crippen LogP contribution is -2.16. The van der Waals surface area contributed by atoms with E-state index in [1.54, 1.807) is 25.3 Å². The summed E-state index contributed by atoms with van der Waals surface area (Å²) < 4.78 is 5.10. The summed E-state index contributed by atoms with van der Waals surface area (Å²) in [5.74, 6) is 0.715. The Morgan fingerprint density at radius 2 is 2.20 bits per heavy atom. The number of ether oxygens (including phenoxy) is 1. The van der Waals surface area contributed by atoms with Gasteiger partial charge in [-0.3, -0.25) is 4.79 Å². The van der Waals surface area contributed by atoms with Crippen molar-refractivity contribution in [2.24, 2.45) is 0 Å². The largest absolute Gasteiger partial charge is 0.496 e. The third-order valence-electron chi connectivity index (χ3n) is 2.10. The average Bonchev–Trinajstić information content (AvgIpc) is 2.26. The van der Waals surface area contributed by atoms with Gasteiger partial charge < -0.3 is 4.74 Å². The molecule has 0 spiro atoms. The van der Waals surface area contributed by atoms with Crippen molar-refractivity contribution in [1.29, 1.82) is 0 Å². The molecule has 1 rings (SSSR count). The topological polar surface area (TPSA) is 26.3 Å². The van der Waals surface area contributed by atoms with Crippen LogP contribution in [0.3, 0.4) is 0 Å². The molecule has 0 fully saturated rings. The molecule has 0 aliphatic rings. The predicted molar refractivity (Wildman–Crippen MR) is 62.4 cm³/mol. The zero-order valence-corrected chi connectivity index (χ0v) is 10.1. The number of carbonyl (C=O) groups is 1. The molecule has 1 unspecified atom stereocenters. The van der Waals surface area contributed by atoms with Crippen molar-refractivity contribution in [3.8, 4) is 5.75 Å². The first-order valence-electron chi connectivity index (χ1n) is 4.49. The minimum atomic E-state index is -0.667. The van der Waals surface area contributed by atoms with E-state index in [4.69, 9.17) is 27.9 Å². The van der Waals surface area contributed by atoms with Crippen molar-refractivity contribution in [2.45, 2.75) is 12.3 Å². The smallest absolute Gasteiger partial charge is 0.181 e. The monoisotopic (exact) mass is 246 g/mol. The van der Waals surface area contributed by atoms with Gasteiger partial charge in [0.2, 0.25) is 0 Å². The van der Waals surface area contributed by atoms with Crippen LogP contribution in [0, 0.1) is 6.92 Å². The van der Waals surface area contributed by atoms with Crippen LogP contribution < -0.4 is 4.74 Å². The van der Waals surface area contributed by atoms with Crippen LogP contribution in [0.1, 0.15) is 15.9 Å². The number of carbonyl (C=O) groups excluding carboxylic acids is 1. The van der Waals surface area contributed by atoms with Crippen LogP contribution in [0.5, 0.6) is 5.75 Å². The highest BCUT2D eigenvalue weighted by Crippen LogP contribution is 2.20. The van der Waals surface area contributed by atoms with Crippen LogP contribution in [0.15, 0.2) is 18.2 Å². The predicted octanol–water partition coefficient (Wildman–Crippen LogP) is 3.03. The second kappa shape index (κ2) is 5.38. The van der Waals surface area contributed by atoms with Gasteiger partial charge >= 0.3 is 0 Å². The van der Waals surface area contributed by atoms with Gasteiger partial charge in [0, 0.05) is 11.4 Å². The number of alkyl halides is 2. The quantitative estimate of drug-likeness (QED) is 0.603. The molecule has 1 aromatic carbocycles. The van der Waals surface area contributed by atoms with E-state index in [-0.39, 0.29) is 11.7 Å². The van der Waals surface area contributed by atoms with E-state index in [1.165, 1.54) is 0 Å². The van der Waals surface area contributed by atoms with Gasteiger partial charge in [-0.05, 0) is 30.7 Å². The molecular formula is C11H12Cl2O2. The molecule has 2 nitrogen and oxygen atoms in total. The summed E-state index contributed by atoms with van der Waals surface area (Å²) in [4.78, 5) is 11.7. The summed E-state index contributed by atoms with van der Waals surface area (Å²) in [5.41, 5.74) is 1.47. The highest BCUT2D eigenvalue weighted by molar-refractivity contribution is 6.38. The third-order valence-corrected chi connectivity index (χ3v) is 2.92. The molecule has 0 N–H and O–H groups in total. The minimum absolute atomic E-state index is 0.117. The van der Waals surface area contributed by atoms with E-state index < -0.39 is 5.38 Å². The Labute approximate surface area is 99.1 Å². The number of hydrogen-bond acceptors (Lipinski definition) is 2. The van der Waals surface area contributed by atoms with Gasteiger partial charge in [-0.1, -0.05) is 0 Å². The van der Waals surface area contributed by atoms with Crippen molar-refractivity contribution < 1.29 is 9.53 Å². The fraction of sp³-hybridized carbons (Fsp3) is 0.364. The van der Waals surface area contributed by atoms with Crippen LogP contribution in [0.2, 0.25) is 0 Å². The molecule has 15 heavy (non-hydrogen) atoms. The first kappa shape index (κ1) is 12.3. The van der Waals surface area contributed by atoms with Crippen LogP contribution in [0.25, 0.3) is 0 Å². The highest BCUT2D eigenvalue weighted by atomic mass is 35.5. The molecule has 4 heteroatoms. The SMILES string of the molecule is COc1ccc(C(=O)C(Cl)CCl)cc1C. The standard InChI is InChI=1S/C11H12Cl2O2/c1-7-5-8(3-4-10(7)15-2)11(14)9(13)6-12/h3-5,9H,6H2,1-2H3. The number of ketones is 1. The van der Waals surface area contributed by atoms with Crippen molar-refractivity contribution in [3.05, 3.63) is 29.3 Å². The summed E-state index contributed by atoms with van der Waals surface area (Å²) in [5, 5.41) is -0.667. The van der Waals surface area contributed by atoms with E-state index in [2.05, 4.69) is 0 Å². The van der Waals surface area contributed by atoms with Crippen LogP contribution >= 0.6 is 23.2 Å². The Hall–Kier alpha value is -0.730. The van der Waals surface area contributed by atoms with Gasteiger partial charge in [0.1, 0.15) is 11.1 Å². The molecule has 1 aromatic rings. The zero-order chi connectivity index (χ0) is 11.4. The van der Waals surface area contributed by atoms with Crippen LogP contribution in [-0.2, 0) is 0 Å². The second-order valence-electron chi connectivity index (χ2n) is 3.17. The number of methoxy groups -OCH3 is 1. The van der Waals surface area contributed by atoms with Crippen molar-refractivity contribution >= 4 is 29.0 Å². The Kier molecular flexibility index (Phi) is 4.43. The minimum Gasteiger partial charge on any atom is -0.496 e. The van der Waals surface area contributed by atoms with E-state index in [9.17, 15) is 4.79 Å². The van der Waals surface area contributed by atoms with Crippen molar-refractivity contribution in [1.82, 2.24) is 0 Å². The van der Waals surface area contributed by atoms with Gasteiger partial charge in [-0.2, -0.15) is 0 Å². The van der Waals surface area contributed by atoms with Gasteiger partial charge in [-0.25, -0.2) is 0 Å². The lowest BCUT2D eigenvalue weighted by atomic mass is 10.1. The molecule has 0 aliphatic heterocycles. The molecule has 0 saturated heterocycles. The number of Topliss-reactive ketones (excluding diaryl/α,β-unsaturated/α-hetero) is 1. The van der Waals surface area contributed by atoms with Gasteiger partial charge in [-0.15, -0.1) is 23.2 Å². The maximum Gasteiger partial charge on any atom is 0.181 e. The van der Waals surface area contributed by atoms with Gasteiger partial charge in [0.25, 0.3) is 0 Å². The highest BCUT2D eigenvalue weighted by Gasteiger charge is 2.16. The molecule has 0 aliphatic carbocycles. The van der Waals surface area contributed by atoms with E-state index in [1.807, 2.05) is 6.92 Å². The number of halogens is 2. The summed E-state index contributed by atoms with van der Waals surface area (Å²) in [6.45, 7) is 1.87. The molecule has 0 aromatic heterocycles. The summed E-state index contributed by atoms with van der Waals surface area (Å²) in [7, 11) is 1.59. The molecular weight excluding hydrogens is 235 g/mol. The average molecular weight is 247 g/mol. The van der Waals surface area contributed by atoms with E-state index >= 15 is 0 Å². The zero-order valence-electron chi connectivity index (χ0n) is 8.59. The maximum absolute atomic E-state index is 11.7. The Balaban J connectivity index is 2.97. The summed E-state index contributed by atoms with van der Waals surface area (Å²) in [6, 6.07) is 5.19. The summed E-state index contributed by atoms with van der Waals surface area (Å²) >= 11 is 11.3. The Morgan fingerprint density at radius 3 is 2.67 bits per heavy atom. The van der Waals surface area contributed by atoms with Gasteiger partial charge in [0.15, 0.2) is 5.78 Å².